The van der Waals surface area contributed by atoms with Crippen LogP contribution in [0.15, 0.2) is 33.4 Å². The van der Waals surface area contributed by atoms with E-state index in [4.69, 9.17) is 0 Å². The quantitative estimate of drug-likeness (QED) is 0.724. The summed E-state index contributed by atoms with van der Waals surface area (Å²) in [6.07, 6.45) is 1.85. The molecule has 1 nitrogen and oxygen atoms in total. The molecule has 0 atom stereocenters. The summed E-state index contributed by atoms with van der Waals surface area (Å²) in [5, 5.41) is 4.12. The first-order valence-corrected chi connectivity index (χ1v) is 6.24. The third kappa shape index (κ3) is 2.09. The molecular formula is C8H7NS3. The lowest BCUT2D eigenvalue weighted by atomic mass is 10.5. The lowest BCUT2D eigenvalue weighted by Gasteiger charge is -1.92. The Labute approximate surface area is 83.5 Å². The van der Waals surface area contributed by atoms with Crippen molar-refractivity contribution in [3.63, 3.8) is 0 Å². The SMILES string of the molecule is c1csc(CSc2nccs2)c1. The van der Waals surface area contributed by atoms with Crippen LogP contribution in [-0.2, 0) is 5.75 Å². The monoisotopic (exact) mass is 213 g/mol. The van der Waals surface area contributed by atoms with Crippen molar-refractivity contribution >= 4 is 34.4 Å². The topological polar surface area (TPSA) is 12.9 Å². The van der Waals surface area contributed by atoms with Crippen LogP contribution >= 0.6 is 34.4 Å². The summed E-state index contributed by atoms with van der Waals surface area (Å²) in [5.74, 6) is 1.05. The number of aromatic nitrogens is 1. The molecule has 12 heavy (non-hydrogen) atoms. The summed E-state index contributed by atoms with van der Waals surface area (Å²) in [6.45, 7) is 0. The van der Waals surface area contributed by atoms with Crippen LogP contribution in [0.4, 0.5) is 0 Å². The van der Waals surface area contributed by atoms with Crippen molar-refractivity contribution in [3.05, 3.63) is 34.0 Å². The van der Waals surface area contributed by atoms with Gasteiger partial charge in [-0.1, -0.05) is 17.8 Å². The van der Waals surface area contributed by atoms with Crippen LogP contribution in [0.2, 0.25) is 0 Å². The van der Waals surface area contributed by atoms with Crippen LogP contribution in [0.5, 0.6) is 0 Å². The highest BCUT2D eigenvalue weighted by atomic mass is 32.2. The third-order valence-electron chi connectivity index (χ3n) is 1.33. The highest BCUT2D eigenvalue weighted by Crippen LogP contribution is 2.26. The fourth-order valence-electron chi connectivity index (χ4n) is 0.809. The molecule has 2 aromatic rings. The molecule has 0 aliphatic heterocycles. The predicted molar refractivity (Wildman–Crippen MR) is 56.0 cm³/mol. The highest BCUT2D eigenvalue weighted by Gasteiger charge is 1.97. The minimum absolute atomic E-state index is 1.05. The molecule has 0 amide bonds. The van der Waals surface area contributed by atoms with E-state index in [1.54, 1.807) is 34.4 Å². The number of thiazole rings is 1. The lowest BCUT2D eigenvalue weighted by Crippen LogP contribution is -1.71. The minimum atomic E-state index is 1.05. The normalized spacial score (nSPS) is 10.3. The minimum Gasteiger partial charge on any atom is -0.238 e. The molecule has 0 bridgehead atoms. The standard InChI is InChI=1S/C8H7NS3/c1-2-7(10-4-1)6-12-8-9-3-5-11-8/h1-5H,6H2. The van der Waals surface area contributed by atoms with Crippen LogP contribution in [0.3, 0.4) is 0 Å². The molecule has 4 heteroatoms. The van der Waals surface area contributed by atoms with Crippen molar-refractivity contribution in [1.29, 1.82) is 0 Å². The van der Waals surface area contributed by atoms with Gasteiger partial charge in [-0.05, 0) is 11.4 Å². The molecule has 0 aromatic carbocycles. The van der Waals surface area contributed by atoms with Gasteiger partial charge in [-0.15, -0.1) is 22.7 Å². The number of nitrogens with zero attached hydrogens (tertiary/aromatic N) is 1. The maximum Gasteiger partial charge on any atom is 0.150 e. The molecule has 0 aliphatic carbocycles. The van der Waals surface area contributed by atoms with Crippen LogP contribution in [0.25, 0.3) is 0 Å². The maximum absolute atomic E-state index is 4.20. The summed E-state index contributed by atoms with van der Waals surface area (Å²) >= 11 is 5.30. The van der Waals surface area contributed by atoms with E-state index in [9.17, 15) is 0 Å². The van der Waals surface area contributed by atoms with Gasteiger partial charge >= 0.3 is 0 Å². The van der Waals surface area contributed by atoms with Gasteiger partial charge < -0.3 is 0 Å². The molecule has 0 aliphatic rings. The summed E-state index contributed by atoms with van der Waals surface area (Å²) in [7, 11) is 0. The van der Waals surface area contributed by atoms with Crippen molar-refractivity contribution in [3.8, 4) is 0 Å². The van der Waals surface area contributed by atoms with Crippen molar-refractivity contribution in [2.24, 2.45) is 0 Å². The van der Waals surface area contributed by atoms with Crippen LogP contribution in [0.1, 0.15) is 4.88 Å². The van der Waals surface area contributed by atoms with E-state index in [1.807, 2.05) is 11.6 Å². The van der Waals surface area contributed by atoms with Gasteiger partial charge in [-0.3, -0.25) is 0 Å². The van der Waals surface area contributed by atoms with Gasteiger partial charge in [0.25, 0.3) is 0 Å². The van der Waals surface area contributed by atoms with Gasteiger partial charge in [0, 0.05) is 22.2 Å². The number of rotatable bonds is 3. The zero-order valence-electron chi connectivity index (χ0n) is 6.27. The number of hydrogen-bond donors (Lipinski definition) is 0. The average Bonchev–Trinajstić information content (AvgIpc) is 2.74. The summed E-state index contributed by atoms with van der Waals surface area (Å²) in [4.78, 5) is 5.61. The first-order chi connectivity index (χ1) is 5.95. The zero-order chi connectivity index (χ0) is 8.23. The Balaban J connectivity index is 1.91. The summed E-state index contributed by atoms with van der Waals surface area (Å²) < 4.78 is 1.16. The van der Waals surface area contributed by atoms with E-state index in [-0.39, 0.29) is 0 Å². The second kappa shape index (κ2) is 4.07. The van der Waals surface area contributed by atoms with Crippen LogP contribution in [0, 0.1) is 0 Å². The average molecular weight is 213 g/mol. The van der Waals surface area contributed by atoms with E-state index in [0.29, 0.717) is 0 Å². The summed E-state index contributed by atoms with van der Waals surface area (Å²) in [5.41, 5.74) is 0. The van der Waals surface area contributed by atoms with E-state index in [2.05, 4.69) is 22.5 Å². The molecule has 2 aromatic heterocycles. The largest absolute Gasteiger partial charge is 0.238 e. The molecule has 62 valence electrons. The third-order valence-corrected chi connectivity index (χ3v) is 4.40. The van der Waals surface area contributed by atoms with Gasteiger partial charge in [0.1, 0.15) is 4.34 Å². The molecule has 0 saturated carbocycles. The Morgan fingerprint density at radius 3 is 3.00 bits per heavy atom. The fourth-order valence-corrected chi connectivity index (χ4v) is 3.22. The van der Waals surface area contributed by atoms with Gasteiger partial charge in [0.15, 0.2) is 0 Å². The van der Waals surface area contributed by atoms with Gasteiger partial charge in [0.2, 0.25) is 0 Å². The fraction of sp³-hybridized carbons (Fsp3) is 0.125. The van der Waals surface area contributed by atoms with Gasteiger partial charge in [0.05, 0.1) is 0 Å². The van der Waals surface area contributed by atoms with E-state index >= 15 is 0 Å². The highest BCUT2D eigenvalue weighted by molar-refractivity contribution is 8.00. The van der Waals surface area contributed by atoms with E-state index in [1.165, 1.54) is 4.88 Å². The molecule has 0 spiro atoms. The Bertz CT molecular complexity index is 278. The molecule has 0 unspecified atom stereocenters. The van der Waals surface area contributed by atoms with Crippen molar-refractivity contribution in [2.45, 2.75) is 10.1 Å². The van der Waals surface area contributed by atoms with Crippen LogP contribution in [-0.4, -0.2) is 4.98 Å². The Hall–Kier alpha value is -0.320. The molecular weight excluding hydrogens is 206 g/mol. The second-order valence-corrected chi connectivity index (χ2v) is 5.32. The predicted octanol–water partition coefficient (Wildman–Crippen LogP) is 3.50. The maximum atomic E-state index is 4.20. The van der Waals surface area contributed by atoms with Crippen molar-refractivity contribution < 1.29 is 0 Å². The molecule has 0 saturated heterocycles. The van der Waals surface area contributed by atoms with Gasteiger partial charge in [-0.2, -0.15) is 0 Å². The lowest BCUT2D eigenvalue weighted by molar-refractivity contribution is 1.25. The van der Waals surface area contributed by atoms with Gasteiger partial charge in [-0.25, -0.2) is 4.98 Å². The number of thiophene rings is 1. The molecule has 2 heterocycles. The first-order valence-electron chi connectivity index (χ1n) is 3.50. The van der Waals surface area contributed by atoms with Crippen molar-refractivity contribution in [1.82, 2.24) is 4.98 Å². The van der Waals surface area contributed by atoms with E-state index < -0.39 is 0 Å². The van der Waals surface area contributed by atoms with Crippen LogP contribution < -0.4 is 0 Å². The smallest absolute Gasteiger partial charge is 0.150 e. The molecule has 0 radical (unpaired) electrons. The number of hydrogen-bond acceptors (Lipinski definition) is 4. The second-order valence-electron chi connectivity index (χ2n) is 2.17. The molecule has 0 N–H and O–H groups in total. The Morgan fingerprint density at radius 1 is 1.33 bits per heavy atom. The zero-order valence-corrected chi connectivity index (χ0v) is 8.72. The van der Waals surface area contributed by atoms with Crippen molar-refractivity contribution in [2.75, 3.05) is 0 Å². The number of thioether (sulfide) groups is 1. The Morgan fingerprint density at radius 2 is 2.33 bits per heavy atom. The Kier molecular flexibility index (Phi) is 2.81. The summed E-state index contributed by atoms with van der Waals surface area (Å²) in [6, 6.07) is 4.24. The molecule has 0 fully saturated rings. The van der Waals surface area contributed by atoms with E-state index in [0.717, 1.165) is 10.1 Å². The molecule has 2 rings (SSSR count). The first kappa shape index (κ1) is 8.29.